The van der Waals surface area contributed by atoms with Crippen molar-refractivity contribution in [2.45, 2.75) is 9.85 Å². The summed E-state index contributed by atoms with van der Waals surface area (Å²) in [5, 5.41) is 0. The van der Waals surface area contributed by atoms with E-state index in [0.717, 1.165) is 0 Å². The Kier molecular flexibility index (Phi) is 3.93. The van der Waals surface area contributed by atoms with Crippen LogP contribution in [0.3, 0.4) is 0 Å². The molecule has 82 valence electrons. The first kappa shape index (κ1) is 13.7. The molecule has 0 aliphatic rings. The maximum atomic E-state index is 12.2. The fraction of sp³-hybridized carbons (Fsp3) is 0.400. The van der Waals surface area contributed by atoms with Crippen LogP contribution >= 0.6 is 22.6 Å². The van der Waals surface area contributed by atoms with Crippen molar-refractivity contribution in [2.24, 2.45) is 0 Å². The zero-order valence-corrected chi connectivity index (χ0v) is 8.09. The zero-order valence-electron chi connectivity index (χ0n) is 5.93. The number of carbonyl (C=O) groups is 1. The summed E-state index contributed by atoms with van der Waals surface area (Å²) in [6.07, 6.45) is -3.37. The quantitative estimate of drug-likeness (QED) is 0.335. The molecular weight excluding hydrogens is 336 g/mol. The minimum atomic E-state index is -5.50. The second-order valence-electron chi connectivity index (χ2n) is 1.98. The van der Waals surface area contributed by atoms with Gasteiger partial charge in [-0.05, 0) is 0 Å². The second kappa shape index (κ2) is 4.03. The van der Waals surface area contributed by atoms with E-state index in [0.29, 0.717) is 0 Å². The molecule has 0 saturated heterocycles. The molecule has 0 rings (SSSR count). The van der Waals surface area contributed by atoms with Gasteiger partial charge >= 0.3 is 15.9 Å². The number of Topliss-reactive ketones (excluding diaryl/α,β-unsaturated/α-hetero) is 1. The van der Waals surface area contributed by atoms with Crippen molar-refractivity contribution in [3.8, 4) is 0 Å². The molecule has 0 aromatic heterocycles. The molecule has 0 atom stereocenters. The van der Waals surface area contributed by atoms with Crippen molar-refractivity contribution in [2.75, 3.05) is 0 Å². The van der Waals surface area contributed by atoms with Crippen LogP contribution in [0.2, 0.25) is 0 Å². The Labute approximate surface area is 86.1 Å². The number of ketones is 1. The van der Waals surface area contributed by atoms with E-state index in [1.807, 2.05) is 0 Å². The van der Waals surface area contributed by atoms with Crippen LogP contribution in [0, 0.1) is 0 Å². The van der Waals surface area contributed by atoms with Gasteiger partial charge in [-0.1, -0.05) is 0 Å². The largest absolute Gasteiger partial charge is 0.383 e. The Hall–Kier alpha value is -0.350. The van der Waals surface area contributed by atoms with E-state index in [-0.39, 0.29) is 22.6 Å². The molecule has 14 heavy (non-hydrogen) atoms. The molecule has 1 nitrogen and oxygen atoms in total. The summed E-state index contributed by atoms with van der Waals surface area (Å²) in [6.45, 7) is 0. The first-order valence-corrected chi connectivity index (χ1v) is 3.79. The molecule has 0 aliphatic heterocycles. The van der Waals surface area contributed by atoms with Gasteiger partial charge in [-0.3, -0.25) is 4.79 Å². The Morgan fingerprint density at radius 1 is 1.00 bits per heavy atom. The molecule has 0 unspecified atom stereocenters. The number of alkyl halides is 5. The Bertz CT molecular complexity index is 274. The number of halogens is 8. The number of rotatable bonds is 3. The van der Waals surface area contributed by atoms with E-state index in [2.05, 4.69) is 0 Å². The highest BCUT2D eigenvalue weighted by atomic mass is 127. The van der Waals surface area contributed by atoms with Crippen LogP contribution in [-0.2, 0) is 4.79 Å². The predicted octanol–water partition coefficient (Wildman–Crippen LogP) is 3.30. The monoisotopic (exact) mass is 336 g/mol. The number of allylic oxidation sites excluding steroid dienone is 1. The van der Waals surface area contributed by atoms with Gasteiger partial charge in [-0.25, -0.2) is 0 Å². The molecule has 0 aliphatic carbocycles. The maximum Gasteiger partial charge on any atom is 0.383 e. The summed E-state index contributed by atoms with van der Waals surface area (Å²) in [5.41, 5.74) is 0. The third kappa shape index (κ3) is 2.58. The molecule has 0 heterocycles. The van der Waals surface area contributed by atoms with E-state index in [1.54, 1.807) is 0 Å². The van der Waals surface area contributed by atoms with Crippen LogP contribution in [0.25, 0.3) is 0 Å². The Balaban J connectivity index is 5.16. The molecular formula is C5F7IO. The molecule has 0 aromatic carbocycles. The molecule has 0 fully saturated rings. The van der Waals surface area contributed by atoms with Crippen LogP contribution in [0.4, 0.5) is 30.7 Å². The lowest BCUT2D eigenvalue weighted by molar-refractivity contribution is -0.169. The standard InChI is InChI=1S/C5F7IO/c6-1(3(7)8)2(14)4(9,10)5(11,12)13. The van der Waals surface area contributed by atoms with Crippen LogP contribution < -0.4 is 0 Å². The van der Waals surface area contributed by atoms with Gasteiger partial charge in [0.05, 0.1) is 0 Å². The van der Waals surface area contributed by atoms with Gasteiger partial charge in [0, 0.05) is 22.6 Å². The van der Waals surface area contributed by atoms with Crippen LogP contribution in [-0.4, -0.2) is 15.6 Å². The SMILES string of the molecule is O=C(C(F)=C(F)F)C(F)(F)C(F)(F)I. The number of carbonyl (C=O) groups excluding carboxylic acids is 1. The first-order chi connectivity index (χ1) is 6.01. The summed E-state index contributed by atoms with van der Waals surface area (Å²) in [4.78, 5) is 10.1. The van der Waals surface area contributed by atoms with E-state index in [4.69, 9.17) is 0 Å². The summed E-state index contributed by atoms with van der Waals surface area (Å²) in [7, 11) is 0. The molecule has 9 heteroatoms. The molecule has 0 radical (unpaired) electrons. The predicted molar refractivity (Wildman–Crippen MR) is 39.3 cm³/mol. The van der Waals surface area contributed by atoms with Crippen molar-refractivity contribution in [1.82, 2.24) is 0 Å². The molecule has 0 amide bonds. The van der Waals surface area contributed by atoms with Crippen molar-refractivity contribution in [1.29, 1.82) is 0 Å². The average Bonchev–Trinajstić information content (AvgIpc) is 1.99. The van der Waals surface area contributed by atoms with Crippen LogP contribution in [0.5, 0.6) is 0 Å². The highest BCUT2D eigenvalue weighted by Crippen LogP contribution is 2.42. The molecule has 0 spiro atoms. The van der Waals surface area contributed by atoms with Gasteiger partial charge in [-0.2, -0.15) is 30.7 Å². The third-order valence-electron chi connectivity index (χ3n) is 1.01. The van der Waals surface area contributed by atoms with Crippen LogP contribution in [0.1, 0.15) is 0 Å². The average molecular weight is 336 g/mol. The highest BCUT2D eigenvalue weighted by molar-refractivity contribution is 14.1. The Morgan fingerprint density at radius 3 is 1.57 bits per heavy atom. The molecule has 0 aromatic rings. The van der Waals surface area contributed by atoms with Gasteiger partial charge in [0.15, 0.2) is 0 Å². The first-order valence-electron chi connectivity index (χ1n) is 2.72. The third-order valence-corrected chi connectivity index (χ3v) is 1.68. The van der Waals surface area contributed by atoms with Gasteiger partial charge in [0.25, 0.3) is 5.78 Å². The summed E-state index contributed by atoms with van der Waals surface area (Å²) in [6, 6.07) is 0. The van der Waals surface area contributed by atoms with E-state index >= 15 is 0 Å². The van der Waals surface area contributed by atoms with E-state index < -0.39 is 27.5 Å². The topological polar surface area (TPSA) is 17.1 Å². The Morgan fingerprint density at radius 2 is 1.36 bits per heavy atom. The zero-order chi connectivity index (χ0) is 11.7. The van der Waals surface area contributed by atoms with Gasteiger partial charge in [-0.15, -0.1) is 0 Å². The smallest absolute Gasteiger partial charge is 0.284 e. The number of hydrogen-bond donors (Lipinski definition) is 0. The summed E-state index contributed by atoms with van der Waals surface area (Å²) in [5.74, 6) is -11.9. The minimum absolute atomic E-state index is 0.147. The summed E-state index contributed by atoms with van der Waals surface area (Å²) < 4.78 is 77.9. The second-order valence-corrected chi connectivity index (χ2v) is 3.33. The lowest BCUT2D eigenvalue weighted by Gasteiger charge is -2.18. The van der Waals surface area contributed by atoms with Gasteiger partial charge in [0.2, 0.25) is 5.83 Å². The molecule has 0 N–H and O–H groups in total. The van der Waals surface area contributed by atoms with Crippen molar-refractivity contribution in [3.63, 3.8) is 0 Å². The summed E-state index contributed by atoms with van der Waals surface area (Å²) >= 11 is -0.147. The van der Waals surface area contributed by atoms with Crippen molar-refractivity contribution in [3.05, 3.63) is 11.9 Å². The lowest BCUT2D eigenvalue weighted by Crippen LogP contribution is -2.43. The minimum Gasteiger partial charge on any atom is -0.284 e. The van der Waals surface area contributed by atoms with E-state index in [9.17, 15) is 35.5 Å². The number of hydrogen-bond acceptors (Lipinski definition) is 1. The highest BCUT2D eigenvalue weighted by Gasteiger charge is 2.61. The van der Waals surface area contributed by atoms with E-state index in [1.165, 1.54) is 0 Å². The van der Waals surface area contributed by atoms with Crippen LogP contribution in [0.15, 0.2) is 11.9 Å². The fourth-order valence-corrected chi connectivity index (χ4v) is 0.597. The maximum absolute atomic E-state index is 12.2. The lowest BCUT2D eigenvalue weighted by atomic mass is 10.2. The normalized spacial score (nSPS) is 12.6. The van der Waals surface area contributed by atoms with Crippen molar-refractivity contribution < 1.29 is 35.5 Å². The van der Waals surface area contributed by atoms with Crippen molar-refractivity contribution >= 4 is 28.4 Å². The molecule has 0 bridgehead atoms. The van der Waals surface area contributed by atoms with Gasteiger partial charge < -0.3 is 0 Å². The fourth-order valence-electron chi connectivity index (χ4n) is 0.352. The van der Waals surface area contributed by atoms with Gasteiger partial charge in [0.1, 0.15) is 0 Å². The molecule has 0 saturated carbocycles.